The van der Waals surface area contributed by atoms with Crippen molar-refractivity contribution >= 4 is 11.9 Å². The molecule has 96 valence electrons. The first-order valence-corrected chi connectivity index (χ1v) is 5.85. The maximum atomic E-state index is 11.7. The smallest absolute Gasteiger partial charge is 0.354 e. The molecule has 2 aromatic rings. The fourth-order valence-corrected chi connectivity index (χ4v) is 2.16. The van der Waals surface area contributed by atoms with E-state index in [9.17, 15) is 9.59 Å². The first kappa shape index (κ1) is 11.5. The Bertz CT molecular complexity index is 676. The van der Waals surface area contributed by atoms with Gasteiger partial charge in [-0.1, -0.05) is 0 Å². The number of carboxylic acids is 1. The topological polar surface area (TPSA) is 95.1 Å². The van der Waals surface area contributed by atoms with Crippen LogP contribution in [0.2, 0.25) is 0 Å². The maximum absolute atomic E-state index is 11.7. The highest BCUT2D eigenvalue weighted by atomic mass is 16.4. The number of rotatable bonds is 2. The number of carbonyl (C=O) groups excluding carboxylic acids is 1. The van der Waals surface area contributed by atoms with Gasteiger partial charge in [-0.25, -0.2) is 9.78 Å². The highest BCUT2D eigenvalue weighted by molar-refractivity contribution is 5.98. The number of carbonyl (C=O) groups is 2. The quantitative estimate of drug-likeness (QED) is 0.749. The number of amides is 1. The van der Waals surface area contributed by atoms with Gasteiger partial charge in [0.05, 0.1) is 5.56 Å². The highest BCUT2D eigenvalue weighted by Crippen LogP contribution is 2.24. The Morgan fingerprint density at radius 2 is 2.21 bits per heavy atom. The number of aromatic amines is 1. The van der Waals surface area contributed by atoms with Gasteiger partial charge in [-0.2, -0.15) is 0 Å². The standard InChI is InChI=1S/C13H11N3O3/c17-12-8-6-10(16-9(8)2-4-15-12)7-1-3-14-11(5-7)13(18)19/h1,3,5-6,16H,2,4H2,(H,15,17)(H,18,19). The molecule has 0 saturated carbocycles. The van der Waals surface area contributed by atoms with Crippen LogP contribution >= 0.6 is 0 Å². The molecule has 0 bridgehead atoms. The van der Waals surface area contributed by atoms with E-state index in [1.807, 2.05) is 0 Å². The number of carboxylic acid groups (broad SMARTS) is 1. The molecular weight excluding hydrogens is 246 g/mol. The monoisotopic (exact) mass is 257 g/mol. The summed E-state index contributed by atoms with van der Waals surface area (Å²) in [5.41, 5.74) is 2.92. The van der Waals surface area contributed by atoms with E-state index in [-0.39, 0.29) is 11.6 Å². The van der Waals surface area contributed by atoms with Gasteiger partial charge in [0.25, 0.3) is 5.91 Å². The molecule has 19 heavy (non-hydrogen) atoms. The Kier molecular flexibility index (Phi) is 2.56. The number of pyridine rings is 1. The normalized spacial score (nSPS) is 13.8. The summed E-state index contributed by atoms with van der Waals surface area (Å²) in [5.74, 6) is -1.17. The number of aromatic nitrogens is 2. The van der Waals surface area contributed by atoms with Crippen molar-refractivity contribution in [2.75, 3.05) is 6.54 Å². The molecular formula is C13H11N3O3. The molecule has 0 radical (unpaired) electrons. The Hall–Kier alpha value is -2.63. The van der Waals surface area contributed by atoms with Gasteiger partial charge in [0, 0.05) is 36.1 Å². The third-order valence-electron chi connectivity index (χ3n) is 3.09. The van der Waals surface area contributed by atoms with E-state index < -0.39 is 5.97 Å². The van der Waals surface area contributed by atoms with Gasteiger partial charge in [0.2, 0.25) is 0 Å². The summed E-state index contributed by atoms with van der Waals surface area (Å²) in [6, 6.07) is 4.93. The molecule has 0 fully saturated rings. The zero-order valence-corrected chi connectivity index (χ0v) is 9.93. The Balaban J connectivity index is 2.05. The number of hydrogen-bond donors (Lipinski definition) is 3. The summed E-state index contributed by atoms with van der Waals surface area (Å²) in [6.07, 6.45) is 2.19. The van der Waals surface area contributed by atoms with E-state index in [0.717, 1.165) is 17.8 Å². The molecule has 0 aliphatic carbocycles. The number of nitrogens with one attached hydrogen (secondary N) is 2. The largest absolute Gasteiger partial charge is 0.477 e. The Morgan fingerprint density at radius 1 is 1.37 bits per heavy atom. The molecule has 3 rings (SSSR count). The van der Waals surface area contributed by atoms with Crippen molar-refractivity contribution in [3.63, 3.8) is 0 Å². The van der Waals surface area contributed by atoms with E-state index in [2.05, 4.69) is 15.3 Å². The van der Waals surface area contributed by atoms with Gasteiger partial charge < -0.3 is 15.4 Å². The third kappa shape index (κ3) is 1.97. The SMILES string of the molecule is O=C(O)c1cc(-c2cc3c([nH]2)CCNC3=O)ccn1. The predicted molar refractivity (Wildman–Crippen MR) is 67.0 cm³/mol. The van der Waals surface area contributed by atoms with Crippen molar-refractivity contribution in [2.45, 2.75) is 6.42 Å². The van der Waals surface area contributed by atoms with Crippen LogP contribution in [0.4, 0.5) is 0 Å². The van der Waals surface area contributed by atoms with Crippen LogP contribution in [0.25, 0.3) is 11.3 Å². The molecule has 0 atom stereocenters. The van der Waals surface area contributed by atoms with E-state index in [0.29, 0.717) is 17.7 Å². The minimum absolute atomic E-state index is 0.0190. The van der Waals surface area contributed by atoms with Crippen LogP contribution in [0.5, 0.6) is 0 Å². The molecule has 3 N–H and O–H groups in total. The molecule has 1 amide bonds. The van der Waals surface area contributed by atoms with Gasteiger partial charge in [-0.05, 0) is 18.2 Å². The summed E-state index contributed by atoms with van der Waals surface area (Å²) in [6.45, 7) is 0.614. The predicted octanol–water partition coefficient (Wildman–Crippen LogP) is 1.06. The molecule has 2 aromatic heterocycles. The number of hydrogen-bond acceptors (Lipinski definition) is 3. The van der Waals surface area contributed by atoms with Crippen LogP contribution in [0.1, 0.15) is 26.5 Å². The second-order valence-electron chi connectivity index (χ2n) is 4.32. The van der Waals surface area contributed by atoms with Crippen molar-refractivity contribution < 1.29 is 14.7 Å². The number of nitrogens with zero attached hydrogens (tertiary/aromatic N) is 1. The lowest BCUT2D eigenvalue weighted by atomic mass is 10.1. The van der Waals surface area contributed by atoms with Crippen molar-refractivity contribution in [1.29, 1.82) is 0 Å². The molecule has 0 aromatic carbocycles. The van der Waals surface area contributed by atoms with E-state index >= 15 is 0 Å². The summed E-state index contributed by atoms with van der Waals surface area (Å²) in [5, 5.41) is 11.7. The molecule has 0 unspecified atom stereocenters. The molecule has 0 spiro atoms. The summed E-state index contributed by atoms with van der Waals surface area (Å²) >= 11 is 0. The van der Waals surface area contributed by atoms with Gasteiger partial charge in [0.1, 0.15) is 5.69 Å². The van der Waals surface area contributed by atoms with Crippen molar-refractivity contribution in [1.82, 2.24) is 15.3 Å². The van der Waals surface area contributed by atoms with Crippen molar-refractivity contribution in [3.05, 3.63) is 41.3 Å². The molecule has 6 nitrogen and oxygen atoms in total. The second kappa shape index (κ2) is 4.24. The van der Waals surface area contributed by atoms with E-state index in [1.165, 1.54) is 12.3 Å². The van der Waals surface area contributed by atoms with Crippen LogP contribution in [-0.2, 0) is 6.42 Å². The van der Waals surface area contributed by atoms with Crippen LogP contribution in [0.15, 0.2) is 24.4 Å². The summed E-state index contributed by atoms with van der Waals surface area (Å²) in [7, 11) is 0. The average molecular weight is 257 g/mol. The van der Waals surface area contributed by atoms with Gasteiger partial charge in [-0.3, -0.25) is 4.79 Å². The lowest BCUT2D eigenvalue weighted by Crippen LogP contribution is -2.31. The second-order valence-corrected chi connectivity index (χ2v) is 4.32. The van der Waals surface area contributed by atoms with Gasteiger partial charge >= 0.3 is 5.97 Å². The molecule has 3 heterocycles. The van der Waals surface area contributed by atoms with Crippen LogP contribution in [-0.4, -0.2) is 33.5 Å². The summed E-state index contributed by atoms with van der Waals surface area (Å²) in [4.78, 5) is 29.5. The zero-order chi connectivity index (χ0) is 13.4. The lowest BCUT2D eigenvalue weighted by Gasteiger charge is -2.10. The number of fused-ring (bicyclic) bond motifs is 1. The number of aromatic carboxylic acids is 1. The minimum atomic E-state index is -1.07. The first-order chi connectivity index (χ1) is 9.15. The van der Waals surface area contributed by atoms with Crippen LogP contribution in [0.3, 0.4) is 0 Å². The summed E-state index contributed by atoms with van der Waals surface area (Å²) < 4.78 is 0. The fourth-order valence-electron chi connectivity index (χ4n) is 2.16. The molecule has 6 heteroatoms. The maximum Gasteiger partial charge on any atom is 0.354 e. The van der Waals surface area contributed by atoms with E-state index in [1.54, 1.807) is 12.1 Å². The van der Waals surface area contributed by atoms with Crippen LogP contribution in [0, 0.1) is 0 Å². The average Bonchev–Trinajstić information content (AvgIpc) is 2.84. The minimum Gasteiger partial charge on any atom is -0.477 e. The van der Waals surface area contributed by atoms with Gasteiger partial charge in [-0.15, -0.1) is 0 Å². The third-order valence-corrected chi connectivity index (χ3v) is 3.09. The van der Waals surface area contributed by atoms with Crippen molar-refractivity contribution in [2.24, 2.45) is 0 Å². The molecule has 1 aliphatic heterocycles. The Labute approximate surface area is 108 Å². The first-order valence-electron chi connectivity index (χ1n) is 5.85. The molecule has 1 aliphatic rings. The van der Waals surface area contributed by atoms with Gasteiger partial charge in [0.15, 0.2) is 0 Å². The Morgan fingerprint density at radius 3 is 2.95 bits per heavy atom. The van der Waals surface area contributed by atoms with Crippen LogP contribution < -0.4 is 5.32 Å². The molecule has 0 saturated heterocycles. The zero-order valence-electron chi connectivity index (χ0n) is 9.93. The fraction of sp³-hybridized carbons (Fsp3) is 0.154. The van der Waals surface area contributed by atoms with E-state index in [4.69, 9.17) is 5.11 Å². The lowest BCUT2D eigenvalue weighted by molar-refractivity contribution is 0.0690. The number of H-pyrrole nitrogens is 1. The highest BCUT2D eigenvalue weighted by Gasteiger charge is 2.20. The van der Waals surface area contributed by atoms with Crippen molar-refractivity contribution in [3.8, 4) is 11.3 Å².